The molecule has 1 atom stereocenters. The van der Waals surface area contributed by atoms with Crippen molar-refractivity contribution < 1.29 is 9.59 Å². The van der Waals surface area contributed by atoms with Gasteiger partial charge in [0.25, 0.3) is 0 Å². The van der Waals surface area contributed by atoms with Crippen LogP contribution >= 0.6 is 11.8 Å². The van der Waals surface area contributed by atoms with Gasteiger partial charge in [-0.25, -0.2) is 0 Å². The van der Waals surface area contributed by atoms with Crippen LogP contribution in [0, 0.1) is 13.8 Å². The number of hydrogen-bond donors (Lipinski definition) is 2. The summed E-state index contributed by atoms with van der Waals surface area (Å²) >= 11 is 1.54. The van der Waals surface area contributed by atoms with Crippen LogP contribution in [0.4, 0.5) is 5.69 Å². The van der Waals surface area contributed by atoms with Gasteiger partial charge in [0.1, 0.15) is 0 Å². The zero-order chi connectivity index (χ0) is 13.8. The highest BCUT2D eigenvalue weighted by atomic mass is 32.2. The number of nitrogens with one attached hydrogen (secondary N) is 2. The van der Waals surface area contributed by atoms with Crippen molar-refractivity contribution >= 4 is 29.3 Å². The molecule has 1 fully saturated rings. The molecule has 19 heavy (non-hydrogen) atoms. The number of rotatable bonds is 3. The summed E-state index contributed by atoms with van der Waals surface area (Å²) < 4.78 is 0. The first-order valence-corrected chi connectivity index (χ1v) is 7.37. The predicted octanol–water partition coefficient (Wildman–Crippen LogP) is 1.86. The van der Waals surface area contributed by atoms with Crippen molar-refractivity contribution in [2.24, 2.45) is 0 Å². The van der Waals surface area contributed by atoms with Crippen LogP contribution in [0.3, 0.4) is 0 Å². The fourth-order valence-corrected chi connectivity index (χ4v) is 2.97. The first kappa shape index (κ1) is 13.9. The predicted molar refractivity (Wildman–Crippen MR) is 78.4 cm³/mol. The van der Waals surface area contributed by atoms with E-state index in [0.29, 0.717) is 6.54 Å². The molecule has 0 radical (unpaired) electrons. The lowest BCUT2D eigenvalue weighted by Gasteiger charge is -2.21. The van der Waals surface area contributed by atoms with Gasteiger partial charge >= 0.3 is 0 Å². The third kappa shape index (κ3) is 3.73. The van der Waals surface area contributed by atoms with E-state index in [1.54, 1.807) is 11.8 Å². The Bertz CT molecular complexity index is 502. The van der Waals surface area contributed by atoms with Crippen molar-refractivity contribution in [2.45, 2.75) is 25.5 Å². The van der Waals surface area contributed by atoms with Crippen LogP contribution < -0.4 is 10.6 Å². The van der Waals surface area contributed by atoms with E-state index in [0.717, 1.165) is 22.6 Å². The molecule has 0 saturated carbocycles. The van der Waals surface area contributed by atoms with Gasteiger partial charge in [0.2, 0.25) is 11.8 Å². The van der Waals surface area contributed by atoms with Gasteiger partial charge in [-0.1, -0.05) is 12.1 Å². The summed E-state index contributed by atoms with van der Waals surface area (Å²) in [6.45, 7) is 4.63. The standard InChI is InChI=1S/C14H18N2O2S/c1-9-3-4-10(2)11(7-9)16-13(17)8-12-14(18)15-5-6-19-12/h3-4,7,12H,5-6,8H2,1-2H3,(H,15,18)(H,16,17)/t12-/m0/s1. The third-order valence-electron chi connectivity index (χ3n) is 3.05. The van der Waals surface area contributed by atoms with Crippen molar-refractivity contribution in [3.8, 4) is 0 Å². The molecule has 2 amide bonds. The molecule has 0 unspecified atom stereocenters. The summed E-state index contributed by atoms with van der Waals surface area (Å²) in [6, 6.07) is 5.93. The molecule has 0 bridgehead atoms. The molecule has 2 rings (SSSR count). The summed E-state index contributed by atoms with van der Waals surface area (Å²) in [7, 11) is 0. The molecule has 0 spiro atoms. The fraction of sp³-hybridized carbons (Fsp3) is 0.429. The average Bonchev–Trinajstić information content (AvgIpc) is 2.37. The van der Waals surface area contributed by atoms with E-state index in [4.69, 9.17) is 0 Å². The van der Waals surface area contributed by atoms with Crippen molar-refractivity contribution in [2.75, 3.05) is 17.6 Å². The molecule has 2 N–H and O–H groups in total. The minimum absolute atomic E-state index is 0.0348. The molecule has 0 aliphatic carbocycles. The van der Waals surface area contributed by atoms with Gasteiger partial charge in [-0.15, -0.1) is 11.8 Å². The zero-order valence-corrected chi connectivity index (χ0v) is 12.0. The highest BCUT2D eigenvalue weighted by Gasteiger charge is 2.25. The van der Waals surface area contributed by atoms with Crippen LogP contribution in [0.5, 0.6) is 0 Å². The summed E-state index contributed by atoms with van der Waals surface area (Å²) in [6.07, 6.45) is 0.226. The lowest BCUT2D eigenvalue weighted by atomic mass is 10.1. The lowest BCUT2D eigenvalue weighted by Crippen LogP contribution is -2.40. The summed E-state index contributed by atoms with van der Waals surface area (Å²) in [5.41, 5.74) is 2.96. The molecule has 102 valence electrons. The molecule has 0 aromatic heterocycles. The van der Waals surface area contributed by atoms with Crippen molar-refractivity contribution in [1.82, 2.24) is 5.32 Å². The number of amides is 2. The Morgan fingerprint density at radius 1 is 1.47 bits per heavy atom. The third-order valence-corrected chi connectivity index (χ3v) is 4.27. The molecule has 1 heterocycles. The number of carbonyl (C=O) groups excluding carboxylic acids is 2. The van der Waals surface area contributed by atoms with E-state index < -0.39 is 0 Å². The van der Waals surface area contributed by atoms with Crippen LogP contribution in [0.25, 0.3) is 0 Å². The molecular weight excluding hydrogens is 260 g/mol. The molecule has 4 nitrogen and oxygen atoms in total. The number of anilines is 1. The van der Waals surface area contributed by atoms with Crippen LogP contribution in [0.2, 0.25) is 0 Å². The maximum absolute atomic E-state index is 12.0. The topological polar surface area (TPSA) is 58.2 Å². The second-order valence-electron chi connectivity index (χ2n) is 4.72. The van der Waals surface area contributed by atoms with Gasteiger partial charge in [0, 0.05) is 24.4 Å². The quantitative estimate of drug-likeness (QED) is 0.887. The van der Waals surface area contributed by atoms with Gasteiger partial charge in [0.05, 0.1) is 5.25 Å². The second-order valence-corrected chi connectivity index (χ2v) is 6.03. The Morgan fingerprint density at radius 3 is 3.00 bits per heavy atom. The first-order chi connectivity index (χ1) is 9.06. The van der Waals surface area contributed by atoms with E-state index >= 15 is 0 Å². The Morgan fingerprint density at radius 2 is 2.26 bits per heavy atom. The monoisotopic (exact) mass is 278 g/mol. The Kier molecular flexibility index (Phi) is 4.47. The van der Waals surface area contributed by atoms with E-state index in [1.165, 1.54) is 0 Å². The van der Waals surface area contributed by atoms with Gasteiger partial charge in [0.15, 0.2) is 0 Å². The number of aryl methyl sites for hydroxylation is 2. The molecular formula is C14H18N2O2S. The van der Waals surface area contributed by atoms with Gasteiger partial charge in [-0.2, -0.15) is 0 Å². The minimum Gasteiger partial charge on any atom is -0.354 e. The maximum atomic E-state index is 12.0. The number of carbonyl (C=O) groups is 2. The summed E-state index contributed by atoms with van der Waals surface area (Å²) in [5.74, 6) is 0.725. The molecule has 1 aliphatic rings. The summed E-state index contributed by atoms with van der Waals surface area (Å²) in [5, 5.41) is 5.40. The number of thioether (sulfide) groups is 1. The Hall–Kier alpha value is -1.49. The Balaban J connectivity index is 1.97. The average molecular weight is 278 g/mol. The maximum Gasteiger partial charge on any atom is 0.233 e. The molecule has 1 aromatic rings. The van der Waals surface area contributed by atoms with Crippen LogP contribution in [0.15, 0.2) is 18.2 Å². The molecule has 1 aliphatic heterocycles. The minimum atomic E-state index is -0.265. The lowest BCUT2D eigenvalue weighted by molar-refractivity contribution is -0.123. The van der Waals surface area contributed by atoms with Gasteiger partial charge < -0.3 is 10.6 Å². The van der Waals surface area contributed by atoms with Crippen LogP contribution in [-0.2, 0) is 9.59 Å². The van der Waals surface area contributed by atoms with E-state index in [9.17, 15) is 9.59 Å². The number of hydrogen-bond acceptors (Lipinski definition) is 3. The van der Waals surface area contributed by atoms with E-state index in [-0.39, 0.29) is 23.5 Å². The Labute approximate surface area is 117 Å². The molecule has 1 aromatic carbocycles. The normalized spacial score (nSPS) is 18.8. The molecule has 1 saturated heterocycles. The summed E-state index contributed by atoms with van der Waals surface area (Å²) in [4.78, 5) is 23.6. The highest BCUT2D eigenvalue weighted by Crippen LogP contribution is 2.20. The zero-order valence-electron chi connectivity index (χ0n) is 11.2. The number of benzene rings is 1. The van der Waals surface area contributed by atoms with Crippen LogP contribution in [0.1, 0.15) is 17.5 Å². The van der Waals surface area contributed by atoms with E-state index in [2.05, 4.69) is 10.6 Å². The SMILES string of the molecule is Cc1ccc(C)c(NC(=O)C[C@@H]2SCCNC2=O)c1. The largest absolute Gasteiger partial charge is 0.354 e. The van der Waals surface area contributed by atoms with Gasteiger partial charge in [-0.3, -0.25) is 9.59 Å². The van der Waals surface area contributed by atoms with Crippen LogP contribution in [-0.4, -0.2) is 29.4 Å². The van der Waals surface area contributed by atoms with E-state index in [1.807, 2.05) is 32.0 Å². The fourth-order valence-electron chi connectivity index (χ4n) is 1.96. The molecule has 5 heteroatoms. The van der Waals surface area contributed by atoms with Crippen molar-refractivity contribution in [1.29, 1.82) is 0 Å². The highest BCUT2D eigenvalue weighted by molar-refractivity contribution is 8.00. The second kappa shape index (κ2) is 6.10. The smallest absolute Gasteiger partial charge is 0.233 e. The first-order valence-electron chi connectivity index (χ1n) is 6.32. The van der Waals surface area contributed by atoms with Crippen molar-refractivity contribution in [3.63, 3.8) is 0 Å². The van der Waals surface area contributed by atoms with Gasteiger partial charge in [-0.05, 0) is 31.0 Å². The van der Waals surface area contributed by atoms with Crippen molar-refractivity contribution in [3.05, 3.63) is 29.3 Å².